The third-order valence-electron chi connectivity index (χ3n) is 3.94. The first kappa shape index (κ1) is 14.0. The Hall–Kier alpha value is -2.60. The van der Waals surface area contributed by atoms with Crippen LogP contribution < -0.4 is 10.2 Å². The quantitative estimate of drug-likeness (QED) is 0.802. The van der Waals surface area contributed by atoms with Gasteiger partial charge in [-0.2, -0.15) is 9.61 Å². The van der Waals surface area contributed by atoms with Crippen LogP contribution in [0, 0.1) is 5.92 Å². The Morgan fingerprint density at radius 1 is 1.22 bits per heavy atom. The van der Waals surface area contributed by atoms with Gasteiger partial charge in [-0.15, -0.1) is 0 Å². The van der Waals surface area contributed by atoms with Crippen molar-refractivity contribution in [2.24, 2.45) is 5.92 Å². The first-order valence-electron chi connectivity index (χ1n) is 7.31. The molecule has 1 N–H and O–H groups in total. The minimum atomic E-state index is -0.0484. The van der Waals surface area contributed by atoms with E-state index in [-0.39, 0.29) is 11.8 Å². The average molecular weight is 328 g/mol. The number of hydrogen-bond acceptors (Lipinski definition) is 4. The van der Waals surface area contributed by atoms with Crippen LogP contribution >= 0.6 is 11.6 Å². The number of anilines is 2. The predicted octanol–water partition coefficient (Wildman–Crippen LogP) is 2.46. The molecule has 23 heavy (non-hydrogen) atoms. The van der Waals surface area contributed by atoms with E-state index in [9.17, 15) is 4.79 Å². The Labute approximate surface area is 137 Å². The molecule has 1 fully saturated rings. The SMILES string of the molecule is O=C(Nc1cccc(Cl)c1)C1CN(c2ccnc3ccnn23)C1. The number of benzene rings is 1. The molecule has 0 atom stereocenters. The first-order valence-corrected chi connectivity index (χ1v) is 7.68. The lowest BCUT2D eigenvalue weighted by Gasteiger charge is -2.39. The topological polar surface area (TPSA) is 62.5 Å². The van der Waals surface area contributed by atoms with Crippen LogP contribution in [0.3, 0.4) is 0 Å². The Bertz CT molecular complexity index is 872. The molecule has 0 aliphatic carbocycles. The molecule has 116 valence electrons. The molecule has 0 spiro atoms. The van der Waals surface area contributed by atoms with E-state index in [4.69, 9.17) is 11.6 Å². The second-order valence-corrected chi connectivity index (χ2v) is 5.94. The second kappa shape index (κ2) is 5.55. The van der Waals surface area contributed by atoms with Gasteiger partial charge in [-0.05, 0) is 24.3 Å². The summed E-state index contributed by atoms with van der Waals surface area (Å²) >= 11 is 5.93. The van der Waals surface area contributed by atoms with Gasteiger partial charge >= 0.3 is 0 Å². The summed E-state index contributed by atoms with van der Waals surface area (Å²) in [4.78, 5) is 18.6. The summed E-state index contributed by atoms with van der Waals surface area (Å²) < 4.78 is 1.78. The highest BCUT2D eigenvalue weighted by Crippen LogP contribution is 2.25. The van der Waals surface area contributed by atoms with Crippen LogP contribution in [0.2, 0.25) is 5.02 Å². The number of nitrogens with zero attached hydrogens (tertiary/aromatic N) is 4. The van der Waals surface area contributed by atoms with Gasteiger partial charge in [0, 0.05) is 36.1 Å². The molecule has 1 amide bonds. The van der Waals surface area contributed by atoms with Crippen molar-refractivity contribution in [3.05, 3.63) is 53.8 Å². The van der Waals surface area contributed by atoms with E-state index >= 15 is 0 Å². The fourth-order valence-corrected chi connectivity index (χ4v) is 2.89. The summed E-state index contributed by atoms with van der Waals surface area (Å²) in [5.74, 6) is 0.911. The summed E-state index contributed by atoms with van der Waals surface area (Å²) in [7, 11) is 0. The van der Waals surface area contributed by atoms with Gasteiger partial charge in [-0.25, -0.2) is 4.98 Å². The third kappa shape index (κ3) is 2.61. The van der Waals surface area contributed by atoms with Crippen molar-refractivity contribution in [3.8, 4) is 0 Å². The molecule has 3 aromatic rings. The fourth-order valence-electron chi connectivity index (χ4n) is 2.70. The van der Waals surface area contributed by atoms with E-state index in [0.717, 1.165) is 17.2 Å². The van der Waals surface area contributed by atoms with Gasteiger partial charge in [0.25, 0.3) is 0 Å². The number of fused-ring (bicyclic) bond motifs is 1. The highest BCUT2D eigenvalue weighted by molar-refractivity contribution is 6.30. The number of nitrogens with one attached hydrogen (secondary N) is 1. The number of carbonyl (C=O) groups is 1. The fraction of sp³-hybridized carbons (Fsp3) is 0.188. The number of halogens is 1. The maximum Gasteiger partial charge on any atom is 0.231 e. The van der Waals surface area contributed by atoms with Crippen molar-refractivity contribution in [1.82, 2.24) is 14.6 Å². The van der Waals surface area contributed by atoms with E-state index < -0.39 is 0 Å². The maximum absolute atomic E-state index is 12.3. The zero-order chi connectivity index (χ0) is 15.8. The lowest BCUT2D eigenvalue weighted by atomic mass is 9.99. The van der Waals surface area contributed by atoms with Gasteiger partial charge in [-0.1, -0.05) is 17.7 Å². The Morgan fingerprint density at radius 2 is 2.09 bits per heavy atom. The molecule has 7 heteroatoms. The van der Waals surface area contributed by atoms with Crippen molar-refractivity contribution < 1.29 is 4.79 Å². The molecule has 4 rings (SSSR count). The molecule has 0 saturated carbocycles. The van der Waals surface area contributed by atoms with Crippen LogP contribution in [-0.2, 0) is 4.79 Å². The van der Waals surface area contributed by atoms with Crippen LogP contribution in [-0.4, -0.2) is 33.6 Å². The molecular formula is C16H14ClN5O. The maximum atomic E-state index is 12.3. The molecule has 1 aromatic carbocycles. The molecule has 0 bridgehead atoms. The molecule has 6 nitrogen and oxygen atoms in total. The third-order valence-corrected chi connectivity index (χ3v) is 4.17. The zero-order valence-corrected chi connectivity index (χ0v) is 12.9. The van der Waals surface area contributed by atoms with Gasteiger partial charge in [0.05, 0.1) is 12.1 Å². The van der Waals surface area contributed by atoms with E-state index in [1.165, 1.54) is 0 Å². The number of amides is 1. The van der Waals surface area contributed by atoms with E-state index in [0.29, 0.717) is 18.1 Å². The van der Waals surface area contributed by atoms with Gasteiger partial charge in [0.1, 0.15) is 5.82 Å². The largest absolute Gasteiger partial charge is 0.355 e. The molecule has 1 aliphatic rings. The minimum Gasteiger partial charge on any atom is -0.355 e. The average Bonchev–Trinajstić information content (AvgIpc) is 2.95. The normalized spacial score (nSPS) is 14.7. The number of aromatic nitrogens is 3. The van der Waals surface area contributed by atoms with Crippen molar-refractivity contribution in [2.75, 3.05) is 23.3 Å². The van der Waals surface area contributed by atoms with Crippen LogP contribution in [0.15, 0.2) is 48.8 Å². The van der Waals surface area contributed by atoms with E-state index in [1.807, 2.05) is 24.3 Å². The number of rotatable bonds is 3. The summed E-state index contributed by atoms with van der Waals surface area (Å²) in [5, 5.41) is 7.78. The highest BCUT2D eigenvalue weighted by Gasteiger charge is 2.34. The summed E-state index contributed by atoms with van der Waals surface area (Å²) in [5.41, 5.74) is 1.52. The van der Waals surface area contributed by atoms with Crippen molar-refractivity contribution in [1.29, 1.82) is 0 Å². The highest BCUT2D eigenvalue weighted by atomic mass is 35.5. The van der Waals surface area contributed by atoms with Gasteiger partial charge < -0.3 is 10.2 Å². The van der Waals surface area contributed by atoms with Crippen LogP contribution in [0.25, 0.3) is 5.65 Å². The molecule has 2 aromatic heterocycles. The number of hydrogen-bond donors (Lipinski definition) is 1. The molecule has 1 saturated heterocycles. The minimum absolute atomic E-state index is 0.00859. The van der Waals surface area contributed by atoms with Gasteiger partial charge in [-0.3, -0.25) is 4.79 Å². The van der Waals surface area contributed by atoms with Gasteiger partial charge in [0.2, 0.25) is 5.91 Å². The van der Waals surface area contributed by atoms with Crippen molar-refractivity contribution in [3.63, 3.8) is 0 Å². The summed E-state index contributed by atoms with van der Waals surface area (Å²) in [6.07, 6.45) is 3.47. The smallest absolute Gasteiger partial charge is 0.231 e. The predicted molar refractivity (Wildman–Crippen MR) is 88.8 cm³/mol. The van der Waals surface area contributed by atoms with Crippen molar-refractivity contribution in [2.45, 2.75) is 0 Å². The molecule has 0 unspecified atom stereocenters. The lowest BCUT2D eigenvalue weighted by Crippen LogP contribution is -2.52. The Balaban J connectivity index is 1.43. The second-order valence-electron chi connectivity index (χ2n) is 5.51. The summed E-state index contributed by atoms with van der Waals surface area (Å²) in [6.45, 7) is 1.32. The monoisotopic (exact) mass is 327 g/mol. The van der Waals surface area contributed by atoms with Crippen LogP contribution in [0.4, 0.5) is 11.5 Å². The first-order chi connectivity index (χ1) is 11.2. The number of carbonyl (C=O) groups excluding carboxylic acids is 1. The van der Waals surface area contributed by atoms with Crippen molar-refractivity contribution >= 4 is 34.7 Å². The lowest BCUT2D eigenvalue weighted by molar-refractivity contribution is -0.120. The molecule has 1 aliphatic heterocycles. The van der Waals surface area contributed by atoms with Crippen LogP contribution in [0.1, 0.15) is 0 Å². The Morgan fingerprint density at radius 3 is 2.91 bits per heavy atom. The molecule has 3 heterocycles. The van der Waals surface area contributed by atoms with Crippen LogP contribution in [0.5, 0.6) is 0 Å². The zero-order valence-electron chi connectivity index (χ0n) is 12.2. The van der Waals surface area contributed by atoms with Gasteiger partial charge in [0.15, 0.2) is 5.65 Å². The van der Waals surface area contributed by atoms with E-state index in [2.05, 4.69) is 20.3 Å². The molecular weight excluding hydrogens is 314 g/mol. The molecule has 0 radical (unpaired) electrons. The summed E-state index contributed by atoms with van der Waals surface area (Å²) in [6, 6.07) is 10.9. The standard InChI is InChI=1S/C16H14ClN5O/c17-12-2-1-3-13(8-12)20-16(23)11-9-21(10-11)15-5-6-18-14-4-7-19-22(14)15/h1-8,11H,9-10H2,(H,20,23). The Kier molecular flexibility index (Phi) is 3.38. The van der Waals surface area contributed by atoms with E-state index in [1.54, 1.807) is 29.0 Å².